The van der Waals surface area contributed by atoms with Gasteiger partial charge in [-0.25, -0.2) is 0 Å². The molecule has 3 nitrogen and oxygen atoms in total. The standard InChI is InChI=1S/C34H27N3/c1-35-28-13-7-4-10-23(28)26-19-21(16-17-31(26)35)18-22-20-27-24-11-5-8-14-29(24)36(2)33(27)34-32(22)25-12-6-9-15-30(25)37(34)3/h4-17,19-20H,18H2,1-3H3. The van der Waals surface area contributed by atoms with E-state index in [1.54, 1.807) is 0 Å². The number of fused-ring (bicyclic) bond motifs is 10. The maximum atomic E-state index is 2.46. The van der Waals surface area contributed by atoms with Crippen LogP contribution in [0.2, 0.25) is 0 Å². The van der Waals surface area contributed by atoms with E-state index in [9.17, 15) is 0 Å². The van der Waals surface area contributed by atoms with E-state index in [4.69, 9.17) is 0 Å². The Morgan fingerprint density at radius 3 is 1.73 bits per heavy atom. The third-order valence-electron chi connectivity index (χ3n) is 8.49. The molecule has 3 heteroatoms. The summed E-state index contributed by atoms with van der Waals surface area (Å²) in [7, 11) is 6.59. The van der Waals surface area contributed by atoms with Gasteiger partial charge in [0.2, 0.25) is 0 Å². The summed E-state index contributed by atoms with van der Waals surface area (Å²) in [6, 6.07) is 35.8. The Kier molecular flexibility index (Phi) is 4.06. The molecule has 0 atom stereocenters. The molecule has 3 heterocycles. The van der Waals surface area contributed by atoms with Crippen LogP contribution in [-0.4, -0.2) is 13.7 Å². The highest BCUT2D eigenvalue weighted by molar-refractivity contribution is 6.23. The molecule has 8 aromatic rings. The topological polar surface area (TPSA) is 14.8 Å². The van der Waals surface area contributed by atoms with Crippen molar-refractivity contribution in [3.8, 4) is 0 Å². The second-order valence-electron chi connectivity index (χ2n) is 10.4. The van der Waals surface area contributed by atoms with Gasteiger partial charge in [-0.1, -0.05) is 60.7 Å². The van der Waals surface area contributed by atoms with Crippen LogP contribution >= 0.6 is 0 Å². The Balaban J connectivity index is 1.46. The number of benzene rings is 5. The molecule has 0 aliphatic rings. The Labute approximate surface area is 214 Å². The molecule has 0 amide bonds. The van der Waals surface area contributed by atoms with Crippen LogP contribution < -0.4 is 0 Å². The molecule has 0 saturated heterocycles. The van der Waals surface area contributed by atoms with E-state index in [1.807, 2.05) is 0 Å². The number of aromatic nitrogens is 3. The smallest absolute Gasteiger partial charge is 0.0739 e. The maximum Gasteiger partial charge on any atom is 0.0739 e. The zero-order valence-corrected chi connectivity index (χ0v) is 21.3. The van der Waals surface area contributed by atoms with Gasteiger partial charge < -0.3 is 13.7 Å². The predicted octanol–water partition coefficient (Wildman–Crippen LogP) is 8.21. The first-order valence-corrected chi connectivity index (χ1v) is 12.9. The van der Waals surface area contributed by atoms with Crippen LogP contribution in [0.3, 0.4) is 0 Å². The minimum Gasteiger partial charge on any atom is -0.344 e. The van der Waals surface area contributed by atoms with Crippen molar-refractivity contribution in [2.75, 3.05) is 0 Å². The fraction of sp³-hybridized carbons (Fsp3) is 0.118. The van der Waals surface area contributed by atoms with Crippen molar-refractivity contribution < 1.29 is 0 Å². The van der Waals surface area contributed by atoms with Crippen molar-refractivity contribution >= 4 is 65.4 Å². The third kappa shape index (κ3) is 2.66. The molecule has 0 aliphatic heterocycles. The average molecular weight is 478 g/mol. The van der Waals surface area contributed by atoms with Gasteiger partial charge in [0, 0.05) is 75.5 Å². The fourth-order valence-electron chi connectivity index (χ4n) is 6.78. The van der Waals surface area contributed by atoms with Gasteiger partial charge in [0.05, 0.1) is 11.0 Å². The summed E-state index contributed by atoms with van der Waals surface area (Å²) in [4.78, 5) is 0. The van der Waals surface area contributed by atoms with E-state index in [0.717, 1.165) is 6.42 Å². The first-order chi connectivity index (χ1) is 18.1. The Morgan fingerprint density at radius 1 is 0.459 bits per heavy atom. The van der Waals surface area contributed by atoms with Crippen molar-refractivity contribution in [2.45, 2.75) is 6.42 Å². The number of aryl methyl sites for hydroxylation is 3. The number of hydrogen-bond donors (Lipinski definition) is 0. The van der Waals surface area contributed by atoms with Crippen LogP contribution in [0.15, 0.2) is 97.1 Å². The zero-order chi connectivity index (χ0) is 24.8. The first-order valence-electron chi connectivity index (χ1n) is 12.9. The molecule has 0 spiro atoms. The molecule has 0 N–H and O–H groups in total. The van der Waals surface area contributed by atoms with E-state index >= 15 is 0 Å². The maximum absolute atomic E-state index is 2.46. The summed E-state index contributed by atoms with van der Waals surface area (Å²) in [5.74, 6) is 0. The summed E-state index contributed by atoms with van der Waals surface area (Å²) >= 11 is 0. The molecule has 3 aromatic heterocycles. The van der Waals surface area contributed by atoms with E-state index in [2.05, 4.69) is 132 Å². The number of para-hydroxylation sites is 3. The number of nitrogens with zero attached hydrogens (tertiary/aromatic N) is 3. The minimum atomic E-state index is 0.892. The molecular formula is C34H27N3. The highest BCUT2D eigenvalue weighted by Crippen LogP contribution is 2.41. The van der Waals surface area contributed by atoms with Crippen LogP contribution in [-0.2, 0) is 27.6 Å². The highest BCUT2D eigenvalue weighted by Gasteiger charge is 2.20. The minimum absolute atomic E-state index is 0.892. The molecule has 178 valence electrons. The lowest BCUT2D eigenvalue weighted by molar-refractivity contribution is 0.985. The van der Waals surface area contributed by atoms with Gasteiger partial charge in [-0.15, -0.1) is 0 Å². The molecule has 0 saturated carbocycles. The molecule has 0 bridgehead atoms. The van der Waals surface area contributed by atoms with Gasteiger partial charge in [-0.3, -0.25) is 0 Å². The van der Waals surface area contributed by atoms with E-state index in [1.165, 1.54) is 76.5 Å². The zero-order valence-electron chi connectivity index (χ0n) is 21.3. The Hall–Kier alpha value is -4.50. The molecular weight excluding hydrogens is 450 g/mol. The van der Waals surface area contributed by atoms with Gasteiger partial charge in [-0.05, 0) is 53.9 Å². The summed E-state index contributed by atoms with van der Waals surface area (Å²) in [6.07, 6.45) is 0.892. The van der Waals surface area contributed by atoms with Gasteiger partial charge >= 0.3 is 0 Å². The third-order valence-corrected chi connectivity index (χ3v) is 8.49. The van der Waals surface area contributed by atoms with Crippen molar-refractivity contribution in [3.05, 3.63) is 108 Å². The largest absolute Gasteiger partial charge is 0.344 e. The summed E-state index contributed by atoms with van der Waals surface area (Å²) < 4.78 is 7.07. The molecule has 0 radical (unpaired) electrons. The van der Waals surface area contributed by atoms with Crippen molar-refractivity contribution in [1.82, 2.24) is 13.7 Å². The van der Waals surface area contributed by atoms with Gasteiger partial charge in [0.25, 0.3) is 0 Å². The van der Waals surface area contributed by atoms with Crippen LogP contribution in [0.25, 0.3) is 65.4 Å². The fourth-order valence-corrected chi connectivity index (χ4v) is 6.78. The average Bonchev–Trinajstić information content (AvgIpc) is 3.51. The quantitative estimate of drug-likeness (QED) is 0.238. The molecule has 0 aliphatic carbocycles. The monoisotopic (exact) mass is 477 g/mol. The Bertz CT molecular complexity index is 2200. The summed E-state index contributed by atoms with van der Waals surface area (Å²) in [6.45, 7) is 0. The van der Waals surface area contributed by atoms with Crippen LogP contribution in [0.5, 0.6) is 0 Å². The van der Waals surface area contributed by atoms with E-state index in [-0.39, 0.29) is 0 Å². The molecule has 0 fully saturated rings. The lowest BCUT2D eigenvalue weighted by Crippen LogP contribution is -1.95. The second kappa shape index (κ2) is 7.27. The van der Waals surface area contributed by atoms with Crippen LogP contribution in [0, 0.1) is 0 Å². The van der Waals surface area contributed by atoms with Crippen molar-refractivity contribution in [2.24, 2.45) is 21.1 Å². The Morgan fingerprint density at radius 2 is 1.00 bits per heavy atom. The van der Waals surface area contributed by atoms with Crippen LogP contribution in [0.1, 0.15) is 11.1 Å². The summed E-state index contributed by atoms with van der Waals surface area (Å²) in [5.41, 5.74) is 10.5. The lowest BCUT2D eigenvalue weighted by Gasteiger charge is -2.10. The molecule has 37 heavy (non-hydrogen) atoms. The van der Waals surface area contributed by atoms with Gasteiger partial charge in [-0.2, -0.15) is 0 Å². The second-order valence-corrected chi connectivity index (χ2v) is 10.4. The SMILES string of the molecule is Cn1c2ccccc2c2cc(Cc3cc4c5ccccc5n(C)c4c4c3c3ccccc3n4C)ccc21. The lowest BCUT2D eigenvalue weighted by atomic mass is 9.96. The van der Waals surface area contributed by atoms with Crippen LogP contribution in [0.4, 0.5) is 0 Å². The number of hydrogen-bond acceptors (Lipinski definition) is 0. The molecule has 5 aromatic carbocycles. The summed E-state index contributed by atoms with van der Waals surface area (Å²) in [5, 5.41) is 8.00. The van der Waals surface area contributed by atoms with E-state index < -0.39 is 0 Å². The first kappa shape index (κ1) is 20.7. The predicted molar refractivity (Wildman–Crippen MR) is 158 cm³/mol. The normalized spacial score (nSPS) is 12.3. The van der Waals surface area contributed by atoms with E-state index in [0.29, 0.717) is 0 Å². The van der Waals surface area contributed by atoms with Gasteiger partial charge in [0.1, 0.15) is 0 Å². The molecule has 0 unspecified atom stereocenters. The van der Waals surface area contributed by atoms with Gasteiger partial charge in [0.15, 0.2) is 0 Å². The molecule has 8 rings (SSSR count). The van der Waals surface area contributed by atoms with Crippen molar-refractivity contribution in [1.29, 1.82) is 0 Å². The number of rotatable bonds is 2. The highest BCUT2D eigenvalue weighted by atomic mass is 15.0. The van der Waals surface area contributed by atoms with Crippen molar-refractivity contribution in [3.63, 3.8) is 0 Å².